The Bertz CT molecular complexity index is 256. The summed E-state index contributed by atoms with van der Waals surface area (Å²) < 4.78 is 9.77. The van der Waals surface area contributed by atoms with Crippen LogP contribution in [0.25, 0.3) is 0 Å². The van der Waals surface area contributed by atoms with Crippen LogP contribution in [0.15, 0.2) is 24.3 Å². The highest BCUT2D eigenvalue weighted by molar-refractivity contribution is 7.99. The Balaban J connectivity index is 3.30. The highest BCUT2D eigenvalue weighted by Gasteiger charge is 1.98. The molecule has 0 saturated carbocycles. The quantitative estimate of drug-likeness (QED) is 0.378. The molecule has 0 aromatic rings. The van der Waals surface area contributed by atoms with Crippen LogP contribution in [0, 0.1) is 0 Å². The van der Waals surface area contributed by atoms with Crippen LogP contribution in [0.3, 0.4) is 0 Å². The Hall–Kier alpha value is -1.23. The number of carbonyl (C=O) groups excluding carboxylic acids is 2. The minimum absolute atomic E-state index is 0.326. The number of carbonyl (C=O) groups is 2. The summed E-state index contributed by atoms with van der Waals surface area (Å²) in [5.74, 6) is 0.745. The molecule has 0 rings (SSSR count). The smallest absolute Gasteiger partial charge is 0.330 e. The van der Waals surface area contributed by atoms with Crippen molar-refractivity contribution in [3.63, 3.8) is 0 Å². The molecule has 0 fully saturated rings. The molecule has 0 N–H and O–H groups in total. The molecule has 0 amide bonds. The number of rotatable bonds is 8. The average molecular weight is 258 g/mol. The zero-order valence-electron chi connectivity index (χ0n) is 10.2. The van der Waals surface area contributed by atoms with Gasteiger partial charge >= 0.3 is 11.9 Å². The van der Waals surface area contributed by atoms with Crippen molar-refractivity contribution in [2.24, 2.45) is 0 Å². The van der Waals surface area contributed by atoms with E-state index in [2.05, 4.69) is 0 Å². The van der Waals surface area contributed by atoms with Crippen LogP contribution in [0.4, 0.5) is 0 Å². The first-order valence-corrected chi connectivity index (χ1v) is 6.52. The number of thioether (sulfide) groups is 1. The normalized spacial score (nSPS) is 10.9. The molecule has 0 unspecified atom stereocenters. The number of esters is 2. The maximum absolute atomic E-state index is 10.9. The van der Waals surface area contributed by atoms with Crippen molar-refractivity contribution in [3.05, 3.63) is 24.3 Å². The van der Waals surface area contributed by atoms with E-state index >= 15 is 0 Å². The van der Waals surface area contributed by atoms with Gasteiger partial charge in [-0.2, -0.15) is 11.8 Å². The van der Waals surface area contributed by atoms with E-state index in [-0.39, 0.29) is 11.9 Å². The van der Waals surface area contributed by atoms with E-state index in [4.69, 9.17) is 9.47 Å². The van der Waals surface area contributed by atoms with Crippen LogP contribution >= 0.6 is 11.8 Å². The molecular formula is C12H18O4S. The first-order valence-electron chi connectivity index (χ1n) is 5.37. The van der Waals surface area contributed by atoms with E-state index in [1.165, 1.54) is 12.2 Å². The van der Waals surface area contributed by atoms with E-state index in [0.29, 0.717) is 24.7 Å². The van der Waals surface area contributed by atoms with E-state index in [1.54, 1.807) is 37.8 Å². The van der Waals surface area contributed by atoms with Crippen molar-refractivity contribution in [2.45, 2.75) is 13.8 Å². The highest BCUT2D eigenvalue weighted by Crippen LogP contribution is 2.00. The van der Waals surface area contributed by atoms with Crippen LogP contribution in [0.2, 0.25) is 0 Å². The van der Waals surface area contributed by atoms with Gasteiger partial charge in [0.05, 0.1) is 0 Å². The van der Waals surface area contributed by atoms with E-state index < -0.39 is 0 Å². The summed E-state index contributed by atoms with van der Waals surface area (Å²) in [5, 5.41) is 0. The molecule has 0 saturated heterocycles. The van der Waals surface area contributed by atoms with E-state index in [9.17, 15) is 9.59 Å². The predicted molar refractivity (Wildman–Crippen MR) is 68.9 cm³/mol. The summed E-state index contributed by atoms with van der Waals surface area (Å²) in [7, 11) is 0. The number of ether oxygens (including phenoxy) is 2. The summed E-state index contributed by atoms with van der Waals surface area (Å²) in [6, 6.07) is 0. The fourth-order valence-electron chi connectivity index (χ4n) is 0.873. The van der Waals surface area contributed by atoms with Crippen LogP contribution in [0.1, 0.15) is 13.8 Å². The van der Waals surface area contributed by atoms with Crippen LogP contribution < -0.4 is 0 Å². The van der Waals surface area contributed by atoms with Gasteiger partial charge in [0.2, 0.25) is 0 Å². The van der Waals surface area contributed by atoms with Crippen molar-refractivity contribution >= 4 is 23.7 Å². The monoisotopic (exact) mass is 258 g/mol. The third kappa shape index (κ3) is 11.0. The molecule has 0 spiro atoms. The van der Waals surface area contributed by atoms with E-state index in [1.807, 2.05) is 0 Å². The summed E-state index contributed by atoms with van der Waals surface area (Å²) >= 11 is 1.57. The highest BCUT2D eigenvalue weighted by atomic mass is 32.2. The lowest BCUT2D eigenvalue weighted by Gasteiger charge is -2.03. The van der Waals surface area contributed by atoms with Gasteiger partial charge in [-0.3, -0.25) is 0 Å². The third-order valence-corrected chi connectivity index (χ3v) is 2.46. The summed E-state index contributed by atoms with van der Waals surface area (Å²) in [4.78, 5) is 21.8. The Morgan fingerprint density at radius 2 is 1.35 bits per heavy atom. The Morgan fingerprint density at radius 1 is 0.941 bits per heavy atom. The van der Waals surface area contributed by atoms with Crippen molar-refractivity contribution in [2.75, 3.05) is 24.7 Å². The zero-order chi connectivity index (χ0) is 12.9. The molecule has 0 aliphatic carbocycles. The van der Waals surface area contributed by atoms with Crippen molar-refractivity contribution in [1.82, 2.24) is 0 Å². The van der Waals surface area contributed by atoms with Gasteiger partial charge in [0.1, 0.15) is 13.2 Å². The molecule has 0 aliphatic heterocycles. The minimum Gasteiger partial charge on any atom is -0.462 e. The van der Waals surface area contributed by atoms with Crippen LogP contribution in [-0.2, 0) is 19.1 Å². The Labute approximate surface area is 106 Å². The molecule has 96 valence electrons. The second kappa shape index (κ2) is 11.3. The molecule has 0 aromatic carbocycles. The zero-order valence-corrected chi connectivity index (χ0v) is 11.0. The third-order valence-electron chi connectivity index (χ3n) is 1.55. The molecule has 0 bridgehead atoms. The summed E-state index contributed by atoms with van der Waals surface area (Å²) in [6.07, 6.45) is 6.03. The number of hydrogen-bond acceptors (Lipinski definition) is 5. The van der Waals surface area contributed by atoms with Gasteiger partial charge < -0.3 is 9.47 Å². The fourth-order valence-corrected chi connectivity index (χ4v) is 1.48. The van der Waals surface area contributed by atoms with Gasteiger partial charge in [-0.15, -0.1) is 0 Å². The molecular weight excluding hydrogens is 240 g/mol. The number of allylic oxidation sites excluding steroid dienone is 2. The molecule has 0 aliphatic rings. The van der Waals surface area contributed by atoms with Gasteiger partial charge in [-0.1, -0.05) is 12.2 Å². The molecule has 0 heterocycles. The summed E-state index contributed by atoms with van der Waals surface area (Å²) in [6.45, 7) is 4.26. The van der Waals surface area contributed by atoms with Crippen LogP contribution in [0.5, 0.6) is 0 Å². The SMILES string of the molecule is C/C=C/C(=O)OCCSCCOC(=O)/C=C/C. The fraction of sp³-hybridized carbons (Fsp3) is 0.500. The maximum Gasteiger partial charge on any atom is 0.330 e. The molecule has 17 heavy (non-hydrogen) atoms. The van der Waals surface area contributed by atoms with Gasteiger partial charge in [0.15, 0.2) is 0 Å². The largest absolute Gasteiger partial charge is 0.462 e. The standard InChI is InChI=1S/C12H18O4S/c1-3-5-11(13)15-7-9-17-10-8-16-12(14)6-4-2/h3-6H,7-10H2,1-2H3/b5-3+,6-4+. The number of hydrogen-bond donors (Lipinski definition) is 0. The lowest BCUT2D eigenvalue weighted by Crippen LogP contribution is -2.07. The van der Waals surface area contributed by atoms with Crippen molar-refractivity contribution < 1.29 is 19.1 Å². The van der Waals surface area contributed by atoms with Gasteiger partial charge in [0, 0.05) is 23.7 Å². The second-order valence-electron chi connectivity index (χ2n) is 2.95. The molecule has 4 nitrogen and oxygen atoms in total. The lowest BCUT2D eigenvalue weighted by molar-refractivity contribution is -0.137. The maximum atomic E-state index is 10.9. The van der Waals surface area contributed by atoms with Crippen LogP contribution in [-0.4, -0.2) is 36.7 Å². The lowest BCUT2D eigenvalue weighted by atomic mass is 10.5. The van der Waals surface area contributed by atoms with Crippen molar-refractivity contribution in [3.8, 4) is 0 Å². The minimum atomic E-state index is -0.326. The second-order valence-corrected chi connectivity index (χ2v) is 4.17. The first kappa shape index (κ1) is 15.8. The molecule has 0 radical (unpaired) electrons. The Kier molecular flexibility index (Phi) is 10.4. The molecule has 0 aromatic heterocycles. The molecule has 5 heteroatoms. The van der Waals surface area contributed by atoms with Gasteiger partial charge in [-0.25, -0.2) is 9.59 Å². The van der Waals surface area contributed by atoms with Gasteiger partial charge in [-0.05, 0) is 13.8 Å². The first-order chi connectivity index (χ1) is 8.20. The van der Waals surface area contributed by atoms with E-state index in [0.717, 1.165) is 0 Å². The van der Waals surface area contributed by atoms with Crippen molar-refractivity contribution in [1.29, 1.82) is 0 Å². The van der Waals surface area contributed by atoms with Gasteiger partial charge in [0.25, 0.3) is 0 Å². The molecule has 0 atom stereocenters. The summed E-state index contributed by atoms with van der Waals surface area (Å²) in [5.41, 5.74) is 0. The average Bonchev–Trinajstić information content (AvgIpc) is 2.28. The topological polar surface area (TPSA) is 52.6 Å². The predicted octanol–water partition coefficient (Wildman–Crippen LogP) is 1.96. The Morgan fingerprint density at radius 3 is 1.71 bits per heavy atom.